The van der Waals surface area contributed by atoms with E-state index in [1.54, 1.807) is 0 Å². The number of carboxylic acid groups (broad SMARTS) is 3. The van der Waals surface area contributed by atoms with Crippen LogP contribution in [0.2, 0.25) is 0 Å². The van der Waals surface area contributed by atoms with Crippen molar-refractivity contribution in [3.63, 3.8) is 0 Å². The SMILES string of the molecule is CCC1(N)C(c2ncc(OCCCC#N)c(Cc3cc(C(F)(F)F)cc(C(F)(F)F)c3)n2)Cc2nc(C(F)(F)F)ccc2N1C(=O)O.O=C(O)CCCCOCCCCC(=O)O. The maximum atomic E-state index is 13.6. The van der Waals surface area contributed by atoms with Crippen molar-refractivity contribution in [2.45, 2.75) is 108 Å². The maximum Gasteiger partial charge on any atom is 0.433 e. The van der Waals surface area contributed by atoms with Crippen molar-refractivity contribution in [2.24, 2.45) is 5.73 Å². The molecule has 0 spiro atoms. The molecule has 0 bridgehead atoms. The first-order chi connectivity index (χ1) is 28.9. The highest BCUT2D eigenvalue weighted by Crippen LogP contribution is 2.45. The van der Waals surface area contributed by atoms with Gasteiger partial charge in [-0.15, -0.1) is 0 Å². The van der Waals surface area contributed by atoms with E-state index in [0.29, 0.717) is 49.2 Å². The van der Waals surface area contributed by atoms with Crippen LogP contribution in [0.25, 0.3) is 0 Å². The Morgan fingerprint density at radius 3 is 1.92 bits per heavy atom. The smallest absolute Gasteiger partial charge is 0.433 e. The van der Waals surface area contributed by atoms with Crippen LogP contribution in [-0.2, 0) is 45.7 Å². The van der Waals surface area contributed by atoms with Crippen LogP contribution < -0.4 is 15.4 Å². The first kappa shape index (κ1) is 50.6. The molecule has 0 saturated heterocycles. The van der Waals surface area contributed by atoms with Crippen LogP contribution in [0.3, 0.4) is 0 Å². The first-order valence-electron chi connectivity index (χ1n) is 19.0. The number of alkyl halides is 9. The van der Waals surface area contributed by atoms with E-state index in [-0.39, 0.29) is 73.4 Å². The zero-order chi connectivity index (χ0) is 46.5. The van der Waals surface area contributed by atoms with Gasteiger partial charge in [-0.2, -0.15) is 44.8 Å². The predicted octanol–water partition coefficient (Wildman–Crippen LogP) is 8.60. The van der Waals surface area contributed by atoms with Gasteiger partial charge < -0.3 is 30.5 Å². The summed E-state index contributed by atoms with van der Waals surface area (Å²) in [4.78, 5) is 45.5. The summed E-state index contributed by atoms with van der Waals surface area (Å²) in [5.74, 6) is -3.29. The highest BCUT2D eigenvalue weighted by Gasteiger charge is 2.50. The summed E-state index contributed by atoms with van der Waals surface area (Å²) >= 11 is 0. The van der Waals surface area contributed by atoms with Gasteiger partial charge in [0.05, 0.1) is 53.0 Å². The number of rotatable bonds is 18. The third-order valence-corrected chi connectivity index (χ3v) is 9.38. The van der Waals surface area contributed by atoms with Gasteiger partial charge in [-0.1, -0.05) is 6.92 Å². The number of nitrogens with two attached hydrogens (primary N) is 1. The molecule has 340 valence electrons. The van der Waals surface area contributed by atoms with Crippen LogP contribution >= 0.6 is 0 Å². The molecule has 1 amide bonds. The summed E-state index contributed by atoms with van der Waals surface area (Å²) in [5.41, 5.74) is -0.946. The van der Waals surface area contributed by atoms with Gasteiger partial charge in [0.2, 0.25) is 0 Å². The van der Waals surface area contributed by atoms with Crippen LogP contribution in [-0.4, -0.2) is 73.8 Å². The molecule has 0 aliphatic carbocycles. The fourth-order valence-electron chi connectivity index (χ4n) is 6.30. The Labute approximate surface area is 348 Å². The molecule has 1 aromatic carbocycles. The van der Waals surface area contributed by atoms with Crippen LogP contribution in [0.5, 0.6) is 5.75 Å². The molecule has 2 unspecified atom stereocenters. The van der Waals surface area contributed by atoms with Crippen molar-refractivity contribution in [1.82, 2.24) is 15.0 Å². The van der Waals surface area contributed by atoms with E-state index in [9.17, 15) is 59.0 Å². The Morgan fingerprint density at radius 2 is 1.44 bits per heavy atom. The van der Waals surface area contributed by atoms with Crippen molar-refractivity contribution in [3.8, 4) is 11.8 Å². The van der Waals surface area contributed by atoms with Crippen molar-refractivity contribution in [3.05, 3.63) is 76.1 Å². The standard InChI is InChI=1S/C29H25F9N6O3.C10H18O5/c1-2-26(40)18(13-19-21(44(26)25(45)46)5-6-23(42-19)29(36,37)38)24-41-14-22(47-8-4-3-7-39)20(43-24)11-15-9-16(27(30,31)32)12-17(10-15)28(33,34)35;11-9(12)5-1-3-7-15-8-4-2-6-10(13)14/h5-6,9-10,12,14,18H,2-4,8,11,13,40H2,1H3,(H,45,46);1-8H2,(H,11,12)(H,13,14). The van der Waals surface area contributed by atoms with E-state index >= 15 is 0 Å². The number of fused-ring (bicyclic) bond motifs is 1. The van der Waals surface area contributed by atoms with Gasteiger partial charge in [0.25, 0.3) is 0 Å². The van der Waals surface area contributed by atoms with Gasteiger partial charge in [0.15, 0.2) is 5.75 Å². The third kappa shape index (κ3) is 14.4. The molecule has 0 saturated carbocycles. The Kier molecular flexibility index (Phi) is 17.8. The number of carbonyl (C=O) groups is 3. The number of pyridine rings is 1. The number of nitriles is 1. The van der Waals surface area contributed by atoms with E-state index in [0.717, 1.165) is 25.1 Å². The topological polar surface area (TPSA) is 222 Å². The van der Waals surface area contributed by atoms with Crippen LogP contribution in [0.4, 0.5) is 50.0 Å². The van der Waals surface area contributed by atoms with Gasteiger partial charge in [-0.25, -0.2) is 19.7 Å². The van der Waals surface area contributed by atoms with Crippen molar-refractivity contribution < 1.29 is 78.7 Å². The number of hydrogen-bond donors (Lipinski definition) is 4. The summed E-state index contributed by atoms with van der Waals surface area (Å²) in [5, 5.41) is 35.6. The number of halogens is 9. The molecule has 4 rings (SSSR count). The second-order valence-electron chi connectivity index (χ2n) is 13.9. The molecule has 14 nitrogen and oxygen atoms in total. The fraction of sp³-hybridized carbons (Fsp3) is 0.513. The van der Waals surface area contributed by atoms with Gasteiger partial charge >= 0.3 is 36.6 Å². The third-order valence-electron chi connectivity index (χ3n) is 9.38. The number of amides is 1. The zero-order valence-electron chi connectivity index (χ0n) is 33.0. The molecule has 3 aromatic rings. The molecule has 2 atom stereocenters. The van der Waals surface area contributed by atoms with Gasteiger partial charge in [0.1, 0.15) is 17.2 Å². The van der Waals surface area contributed by atoms with E-state index in [2.05, 4.69) is 15.0 Å². The fourth-order valence-corrected chi connectivity index (χ4v) is 6.30. The van der Waals surface area contributed by atoms with Crippen LogP contribution in [0.1, 0.15) is 110 Å². The van der Waals surface area contributed by atoms with Gasteiger partial charge in [-0.3, -0.25) is 14.5 Å². The number of aliphatic carboxylic acids is 2. The quantitative estimate of drug-likeness (QED) is 0.0695. The lowest BCUT2D eigenvalue weighted by Crippen LogP contribution is -2.64. The lowest BCUT2D eigenvalue weighted by Gasteiger charge is -2.47. The number of unbranched alkanes of at least 4 members (excludes halogenated alkanes) is 3. The minimum Gasteiger partial charge on any atom is -0.490 e. The summed E-state index contributed by atoms with van der Waals surface area (Å²) in [6.07, 6.45) is -13.6. The summed E-state index contributed by atoms with van der Waals surface area (Å²) in [6.45, 7) is 2.50. The lowest BCUT2D eigenvalue weighted by molar-refractivity contribution is -0.143. The average molecular weight is 895 g/mol. The minimum absolute atomic E-state index is 0.0413. The number of aromatic nitrogens is 3. The van der Waals surface area contributed by atoms with Crippen molar-refractivity contribution in [2.75, 3.05) is 24.7 Å². The molecule has 1 aliphatic rings. The zero-order valence-corrected chi connectivity index (χ0v) is 33.0. The van der Waals surface area contributed by atoms with Crippen molar-refractivity contribution >= 4 is 23.7 Å². The number of benzene rings is 1. The highest BCUT2D eigenvalue weighted by atomic mass is 19.4. The Hall–Kier alpha value is -5.76. The average Bonchev–Trinajstić information content (AvgIpc) is 3.17. The second-order valence-corrected chi connectivity index (χ2v) is 13.9. The molecule has 23 heteroatoms. The molecular weight excluding hydrogens is 851 g/mol. The van der Waals surface area contributed by atoms with E-state index < -0.39 is 83.4 Å². The van der Waals surface area contributed by atoms with Gasteiger partial charge in [0, 0.05) is 45.3 Å². The Morgan fingerprint density at radius 1 is 0.855 bits per heavy atom. The normalized spacial score (nSPS) is 16.4. The molecule has 1 aliphatic heterocycles. The number of anilines is 1. The summed E-state index contributed by atoms with van der Waals surface area (Å²) in [6, 6.07) is 4.36. The number of nitrogens with zero attached hydrogens (tertiary/aromatic N) is 5. The predicted molar refractivity (Wildman–Crippen MR) is 199 cm³/mol. The van der Waals surface area contributed by atoms with Crippen LogP contribution in [0, 0.1) is 11.3 Å². The molecule has 2 aromatic heterocycles. The number of ether oxygens (including phenoxy) is 2. The first-order valence-corrected chi connectivity index (χ1v) is 19.0. The van der Waals surface area contributed by atoms with E-state index in [1.165, 1.54) is 6.92 Å². The molecule has 0 radical (unpaired) electrons. The molecule has 5 N–H and O–H groups in total. The molecular formula is C39H43F9N6O8. The van der Waals surface area contributed by atoms with Crippen molar-refractivity contribution in [1.29, 1.82) is 5.26 Å². The monoisotopic (exact) mass is 894 g/mol. The molecule has 3 heterocycles. The summed E-state index contributed by atoms with van der Waals surface area (Å²) < 4.78 is 133. The van der Waals surface area contributed by atoms with Gasteiger partial charge in [-0.05, 0) is 74.4 Å². The Bertz CT molecular complexity index is 2010. The summed E-state index contributed by atoms with van der Waals surface area (Å²) in [7, 11) is 0. The van der Waals surface area contributed by atoms with E-state index in [1.807, 2.05) is 6.07 Å². The number of hydrogen-bond acceptors (Lipinski definition) is 10. The second kappa shape index (κ2) is 21.9. The molecule has 62 heavy (non-hydrogen) atoms. The number of carboxylic acids is 2. The minimum atomic E-state index is -5.14. The lowest BCUT2D eigenvalue weighted by atomic mass is 9.80. The maximum absolute atomic E-state index is 13.6. The largest absolute Gasteiger partial charge is 0.490 e. The Balaban J connectivity index is 0.000000581. The molecule has 0 fully saturated rings. The highest BCUT2D eigenvalue weighted by molar-refractivity contribution is 5.89. The van der Waals surface area contributed by atoms with Crippen LogP contribution in [0.15, 0.2) is 36.5 Å². The van der Waals surface area contributed by atoms with E-state index in [4.69, 9.17) is 30.7 Å².